The maximum atomic E-state index is 8.60. The topological polar surface area (TPSA) is 61.1 Å². The summed E-state index contributed by atoms with van der Waals surface area (Å²) in [5.41, 5.74) is 35.4. The van der Waals surface area contributed by atoms with Gasteiger partial charge < -0.3 is 37.2 Å². The second-order valence-corrected chi connectivity index (χ2v) is 38.9. The fourth-order valence-corrected chi connectivity index (χ4v) is 22.1. The monoisotopic (exact) mass is 1670 g/mol. The van der Waals surface area contributed by atoms with Gasteiger partial charge in [-0.05, 0) is 203 Å². The lowest BCUT2D eigenvalue weighted by atomic mass is 9.31. The van der Waals surface area contributed by atoms with Crippen LogP contribution in [0.4, 0.5) is 34.1 Å². The summed E-state index contributed by atoms with van der Waals surface area (Å²) >= 11 is 0. The van der Waals surface area contributed by atoms with E-state index in [-0.39, 0.29) is 10.8 Å². The predicted octanol–water partition coefficient (Wildman–Crippen LogP) is 28.7. The van der Waals surface area contributed by atoms with Crippen molar-refractivity contribution in [1.82, 2.24) is 9.13 Å². The van der Waals surface area contributed by atoms with Crippen LogP contribution in [0.15, 0.2) is 379 Å². The lowest BCUT2D eigenvalue weighted by Crippen LogP contribution is -2.63. The van der Waals surface area contributed by atoms with Crippen molar-refractivity contribution in [3.63, 3.8) is 0 Å². The molecule has 0 fully saturated rings. The van der Waals surface area contributed by atoms with E-state index in [0.29, 0.717) is 0 Å². The van der Waals surface area contributed by atoms with Crippen molar-refractivity contribution in [2.45, 2.75) is 78.6 Å². The Morgan fingerprint density at radius 2 is 0.631 bits per heavy atom. The number of aromatic nitrogens is 2. The highest BCUT2D eigenvalue weighted by atomic mass is 16.5. The molecule has 8 nitrogen and oxygen atoms in total. The molecule has 4 aliphatic rings. The Morgan fingerprint density at radius 1 is 0.238 bits per heavy atom. The average Bonchev–Trinajstić information content (AvgIpc) is 0.956. The van der Waals surface area contributed by atoms with Crippen molar-refractivity contribution in [1.29, 1.82) is 0 Å². The summed E-state index contributed by atoms with van der Waals surface area (Å²) in [5, 5.41) is 8.95. The minimum atomic E-state index is -0.513. The van der Waals surface area contributed by atoms with Gasteiger partial charge in [-0.3, -0.25) is 0 Å². The second-order valence-electron chi connectivity index (χ2n) is 38.9. The highest BCUT2D eigenvalue weighted by Gasteiger charge is 2.52. The number of hydrogen-bond donors (Lipinski definition) is 0. The van der Waals surface area contributed by atoms with E-state index in [0.717, 1.165) is 228 Å². The fourth-order valence-electron chi connectivity index (χ4n) is 22.1. The maximum absolute atomic E-state index is 8.60. The average molecular weight is 1670 g/mol. The van der Waals surface area contributed by atoms with Crippen LogP contribution in [0.2, 0.25) is 0 Å². The SMILES string of the molecule is CC(C)(C)c1cc(-c2ccccc2)c(N2c3ccc(-c4ccccc4)cc3B3c4cc5c6c(c4N(c4c(-c7ccccc7)cc(C(C)(C)C)cc4-c4cccc7oc8ccccc8c47)c4cc(C(C)(C)C)cc2c43)Oc2cc(-n3c4ccccc4c4ccccc43)ccc2B6c2ccc(-n3c4ccccc4c4ccccc43)cc2O5)c(-c2cccc3oc4ccccc4c23)c1. The van der Waals surface area contributed by atoms with Gasteiger partial charge in [0.1, 0.15) is 45.3 Å². The van der Waals surface area contributed by atoms with E-state index in [2.05, 4.69) is 451 Å². The second kappa shape index (κ2) is 28.0. The molecule has 130 heavy (non-hydrogen) atoms. The lowest BCUT2D eigenvalue weighted by molar-refractivity contribution is 0.465. The van der Waals surface area contributed by atoms with Gasteiger partial charge in [0.2, 0.25) is 0 Å². The third-order valence-electron chi connectivity index (χ3n) is 28.2. The molecule has 0 amide bonds. The van der Waals surface area contributed by atoms with Crippen LogP contribution in [-0.4, -0.2) is 22.6 Å². The van der Waals surface area contributed by atoms with E-state index in [4.69, 9.17) is 18.3 Å². The van der Waals surface area contributed by atoms with Gasteiger partial charge in [0.05, 0.1) is 39.1 Å². The van der Waals surface area contributed by atoms with Crippen LogP contribution in [0.25, 0.3) is 154 Å². The van der Waals surface area contributed by atoms with E-state index in [1.165, 1.54) is 32.7 Å². The molecule has 0 N–H and O–H groups in total. The number of nitrogens with zero attached hydrogens (tertiary/aromatic N) is 4. The van der Waals surface area contributed by atoms with Gasteiger partial charge >= 0.3 is 0 Å². The van der Waals surface area contributed by atoms with Gasteiger partial charge in [0, 0.05) is 111 Å². The molecule has 618 valence electrons. The van der Waals surface area contributed by atoms with E-state index in [1.54, 1.807) is 0 Å². The van der Waals surface area contributed by atoms with Crippen molar-refractivity contribution < 1.29 is 18.3 Å². The number of anilines is 6. The normalized spacial score (nSPS) is 13.3. The molecular weight excluding hydrogens is 1580 g/mol. The largest absolute Gasteiger partial charge is 0.458 e. The number of benzene rings is 18. The standard InChI is InChI=1S/C120H88B2N4O4/c1-118(2,3)75-62-88(72-35-15-11-16-36-72)114(90(64-75)84-45-31-53-105-110(84)86-43-23-29-51-103(86)127-105)125-100-60-55-74(71-33-13-10-14-34-71)61-94(100)122-95-70-109-113-117(116(95)126(102-67-77(120(7,8)9)66-101(125)112(102)122)115-89(73-37-17-12-18-38-73)63-76(119(4,5)6)65-91(115)85-46-32-54-106-111(85)87-44-24-30-52-104(87)128-106)130-108-69-79(124-98-49-27-21-41-82(98)83-42-22-28-50-99(83)124)57-59-93(108)121(113)92-58-56-78(68-107(92)129-109)123-96-47-25-19-39-80(96)81-40-20-26-48-97(81)123/h10-70H,1-9H3. The zero-order chi connectivity index (χ0) is 87.1. The highest BCUT2D eigenvalue weighted by Crippen LogP contribution is 2.60. The molecule has 18 aromatic carbocycles. The summed E-state index contributed by atoms with van der Waals surface area (Å²) in [6.45, 7) is 20.4. The molecule has 0 bridgehead atoms. The van der Waals surface area contributed by atoms with Gasteiger partial charge in [-0.2, -0.15) is 0 Å². The number of furan rings is 2. The molecule has 0 saturated heterocycles. The Bertz CT molecular complexity index is 8470. The lowest BCUT2D eigenvalue weighted by Gasteiger charge is -2.48. The van der Waals surface area contributed by atoms with Crippen LogP contribution in [-0.2, 0) is 16.2 Å². The fraction of sp³-hybridized carbons (Fsp3) is 0.100. The summed E-state index contributed by atoms with van der Waals surface area (Å²) in [5.74, 6) is 2.99. The number of ether oxygens (including phenoxy) is 2. The first-order valence-corrected chi connectivity index (χ1v) is 45.5. The molecule has 4 aliphatic heterocycles. The first-order valence-electron chi connectivity index (χ1n) is 45.5. The highest BCUT2D eigenvalue weighted by molar-refractivity contribution is 7.02. The molecule has 0 aliphatic carbocycles. The summed E-state index contributed by atoms with van der Waals surface area (Å²) in [6, 6.07) is 138. The first kappa shape index (κ1) is 75.8. The maximum Gasteiger partial charge on any atom is 0.260 e. The van der Waals surface area contributed by atoms with Crippen molar-refractivity contribution in [2.24, 2.45) is 0 Å². The summed E-state index contributed by atoms with van der Waals surface area (Å²) < 4.78 is 35.7. The molecule has 22 aromatic rings. The van der Waals surface area contributed by atoms with Crippen molar-refractivity contribution in [3.8, 4) is 90.0 Å². The molecule has 26 rings (SSSR count). The molecule has 0 atom stereocenters. The third kappa shape index (κ3) is 11.3. The molecule has 0 spiro atoms. The van der Waals surface area contributed by atoms with Crippen LogP contribution >= 0.6 is 0 Å². The molecule has 4 aromatic heterocycles. The van der Waals surface area contributed by atoms with Crippen LogP contribution in [0.5, 0.6) is 23.0 Å². The van der Waals surface area contributed by atoms with Gasteiger partial charge in [-0.25, -0.2) is 0 Å². The van der Waals surface area contributed by atoms with Gasteiger partial charge in [0.25, 0.3) is 13.4 Å². The third-order valence-corrected chi connectivity index (χ3v) is 28.2. The van der Waals surface area contributed by atoms with Crippen molar-refractivity contribution >= 4 is 168 Å². The molecular formula is C120H88B2N4O4. The van der Waals surface area contributed by atoms with E-state index < -0.39 is 18.8 Å². The van der Waals surface area contributed by atoms with E-state index in [1.807, 2.05) is 0 Å². The minimum absolute atomic E-state index is 0.305. The molecule has 0 saturated carbocycles. The number of rotatable bonds is 9. The Kier molecular flexibility index (Phi) is 16.3. The van der Waals surface area contributed by atoms with Crippen molar-refractivity contribution in [3.05, 3.63) is 387 Å². The number of fused-ring (bicyclic) bond motifs is 21. The van der Waals surface area contributed by atoms with Gasteiger partial charge in [-0.15, -0.1) is 0 Å². The van der Waals surface area contributed by atoms with Crippen LogP contribution in [0.1, 0.15) is 79.0 Å². The summed E-state index contributed by atoms with van der Waals surface area (Å²) in [4.78, 5) is 5.41. The van der Waals surface area contributed by atoms with E-state index >= 15 is 0 Å². The summed E-state index contributed by atoms with van der Waals surface area (Å²) in [6.07, 6.45) is 0. The van der Waals surface area contributed by atoms with Crippen LogP contribution in [0.3, 0.4) is 0 Å². The van der Waals surface area contributed by atoms with Gasteiger partial charge in [0.15, 0.2) is 0 Å². The number of para-hydroxylation sites is 6. The van der Waals surface area contributed by atoms with E-state index in [9.17, 15) is 0 Å². The quantitative estimate of drug-likeness (QED) is 0.134. The zero-order valence-corrected chi connectivity index (χ0v) is 73.8. The van der Waals surface area contributed by atoms with Crippen LogP contribution in [0, 0.1) is 0 Å². The Balaban J connectivity index is 0.851. The minimum Gasteiger partial charge on any atom is -0.458 e. The zero-order valence-electron chi connectivity index (χ0n) is 73.8. The van der Waals surface area contributed by atoms with Gasteiger partial charge in [-0.1, -0.05) is 311 Å². The molecule has 0 unspecified atom stereocenters. The van der Waals surface area contributed by atoms with Crippen LogP contribution < -0.4 is 52.1 Å². The molecule has 8 heterocycles. The smallest absolute Gasteiger partial charge is 0.260 e. The molecule has 0 radical (unpaired) electrons. The Labute approximate surface area is 755 Å². The first-order chi connectivity index (χ1) is 63.4. The predicted molar refractivity (Wildman–Crippen MR) is 545 cm³/mol. The van der Waals surface area contributed by atoms with Crippen molar-refractivity contribution in [2.75, 3.05) is 9.80 Å². The Hall–Kier alpha value is -15.5. The Morgan fingerprint density at radius 3 is 1.11 bits per heavy atom. The number of hydrogen-bond acceptors (Lipinski definition) is 6. The molecule has 10 heteroatoms. The summed E-state index contributed by atoms with van der Waals surface area (Å²) in [7, 11) is 0.